The molecule has 0 radical (unpaired) electrons. The summed E-state index contributed by atoms with van der Waals surface area (Å²) < 4.78 is 32.1. The van der Waals surface area contributed by atoms with Gasteiger partial charge in [-0.2, -0.15) is 0 Å². The number of nitrogens with one attached hydrogen (secondary N) is 1. The maximum absolute atomic E-state index is 13.9. The molecule has 0 saturated heterocycles. The van der Waals surface area contributed by atoms with Crippen molar-refractivity contribution in [3.8, 4) is 17.1 Å². The van der Waals surface area contributed by atoms with E-state index in [1.165, 1.54) is 19.2 Å². The maximum atomic E-state index is 13.9. The van der Waals surface area contributed by atoms with Gasteiger partial charge in [-0.3, -0.25) is 0 Å². The van der Waals surface area contributed by atoms with Crippen LogP contribution in [0.25, 0.3) is 11.4 Å². The molecule has 2 aromatic rings. The molecule has 0 aliphatic carbocycles. The van der Waals surface area contributed by atoms with Crippen LogP contribution in [0, 0.1) is 11.6 Å². The van der Waals surface area contributed by atoms with Gasteiger partial charge in [-0.1, -0.05) is 0 Å². The first-order valence-electron chi connectivity index (χ1n) is 6.44. The predicted molar refractivity (Wildman–Crippen MR) is 77.3 cm³/mol. The molecule has 0 bridgehead atoms. The third-order valence-electron chi connectivity index (χ3n) is 2.63. The van der Waals surface area contributed by atoms with Crippen molar-refractivity contribution in [3.63, 3.8) is 0 Å². The molecule has 21 heavy (non-hydrogen) atoms. The minimum atomic E-state index is -0.554. The molecule has 1 N–H and O–H groups in total. The van der Waals surface area contributed by atoms with Gasteiger partial charge in [-0.25, -0.2) is 18.7 Å². The first-order valence-corrected chi connectivity index (χ1v) is 6.44. The van der Waals surface area contributed by atoms with E-state index in [1.807, 2.05) is 20.8 Å². The van der Waals surface area contributed by atoms with E-state index in [4.69, 9.17) is 4.74 Å². The van der Waals surface area contributed by atoms with Gasteiger partial charge in [0.25, 0.3) is 0 Å². The highest BCUT2D eigenvalue weighted by atomic mass is 19.1. The lowest BCUT2D eigenvalue weighted by atomic mass is 10.1. The van der Waals surface area contributed by atoms with Gasteiger partial charge in [0.2, 0.25) is 0 Å². The van der Waals surface area contributed by atoms with Crippen molar-refractivity contribution in [1.29, 1.82) is 0 Å². The summed E-state index contributed by atoms with van der Waals surface area (Å²) in [6.07, 6.45) is 2.06. The third-order valence-corrected chi connectivity index (χ3v) is 2.63. The highest BCUT2D eigenvalue weighted by molar-refractivity contribution is 5.75. The second-order valence-electron chi connectivity index (χ2n) is 5.63. The van der Waals surface area contributed by atoms with Crippen LogP contribution in [0.1, 0.15) is 20.8 Å². The van der Waals surface area contributed by atoms with Crippen LogP contribution in [-0.2, 0) is 0 Å². The number of benzene rings is 1. The van der Waals surface area contributed by atoms with Crippen molar-refractivity contribution in [1.82, 2.24) is 9.97 Å². The van der Waals surface area contributed by atoms with Gasteiger partial charge in [0, 0.05) is 11.6 Å². The molecule has 0 saturated carbocycles. The van der Waals surface area contributed by atoms with E-state index in [9.17, 15) is 8.78 Å². The SMILES string of the molecule is COc1c(NC(C)(C)C)cc(F)cc1-c1ncc(F)cn1. The van der Waals surface area contributed by atoms with Crippen molar-refractivity contribution in [2.24, 2.45) is 0 Å². The van der Waals surface area contributed by atoms with E-state index in [1.54, 1.807) is 0 Å². The fourth-order valence-corrected chi connectivity index (χ4v) is 1.93. The molecule has 1 aromatic heterocycles. The first kappa shape index (κ1) is 15.2. The average molecular weight is 293 g/mol. The van der Waals surface area contributed by atoms with Gasteiger partial charge in [-0.05, 0) is 26.8 Å². The van der Waals surface area contributed by atoms with Crippen LogP contribution < -0.4 is 10.1 Å². The zero-order valence-electron chi connectivity index (χ0n) is 12.4. The van der Waals surface area contributed by atoms with Gasteiger partial charge < -0.3 is 10.1 Å². The number of halogens is 2. The van der Waals surface area contributed by atoms with Crippen LogP contribution in [0.2, 0.25) is 0 Å². The molecule has 0 fully saturated rings. The van der Waals surface area contributed by atoms with Crippen LogP contribution in [-0.4, -0.2) is 22.6 Å². The fourth-order valence-electron chi connectivity index (χ4n) is 1.93. The lowest BCUT2D eigenvalue weighted by Gasteiger charge is -2.24. The Morgan fingerprint density at radius 1 is 1.05 bits per heavy atom. The molecule has 0 spiro atoms. The Morgan fingerprint density at radius 3 is 2.19 bits per heavy atom. The number of hydrogen-bond acceptors (Lipinski definition) is 4. The van der Waals surface area contributed by atoms with Crippen LogP contribution in [0.3, 0.4) is 0 Å². The van der Waals surface area contributed by atoms with E-state index in [2.05, 4.69) is 15.3 Å². The zero-order chi connectivity index (χ0) is 15.6. The number of nitrogens with zero attached hydrogens (tertiary/aromatic N) is 2. The van der Waals surface area contributed by atoms with Crippen molar-refractivity contribution < 1.29 is 13.5 Å². The van der Waals surface area contributed by atoms with Gasteiger partial charge in [-0.15, -0.1) is 0 Å². The number of anilines is 1. The van der Waals surface area contributed by atoms with E-state index in [0.29, 0.717) is 17.0 Å². The molecular weight excluding hydrogens is 276 g/mol. The normalized spacial score (nSPS) is 11.3. The molecule has 0 amide bonds. The van der Waals surface area contributed by atoms with E-state index in [-0.39, 0.29) is 11.4 Å². The summed E-state index contributed by atoms with van der Waals surface area (Å²) in [5, 5.41) is 3.17. The van der Waals surface area contributed by atoms with Crippen molar-refractivity contribution in [2.75, 3.05) is 12.4 Å². The molecule has 6 heteroatoms. The van der Waals surface area contributed by atoms with E-state index < -0.39 is 11.6 Å². The summed E-state index contributed by atoms with van der Waals surface area (Å²) in [7, 11) is 1.48. The number of ether oxygens (including phenoxy) is 1. The smallest absolute Gasteiger partial charge is 0.163 e. The molecule has 0 atom stereocenters. The van der Waals surface area contributed by atoms with E-state index >= 15 is 0 Å². The molecule has 112 valence electrons. The highest BCUT2D eigenvalue weighted by Gasteiger charge is 2.19. The predicted octanol–water partition coefficient (Wildman–Crippen LogP) is 3.64. The molecule has 2 rings (SSSR count). The van der Waals surface area contributed by atoms with Gasteiger partial charge in [0.05, 0.1) is 30.8 Å². The Kier molecular flexibility index (Phi) is 4.06. The average Bonchev–Trinajstić information content (AvgIpc) is 2.37. The van der Waals surface area contributed by atoms with Crippen LogP contribution in [0.5, 0.6) is 5.75 Å². The maximum Gasteiger partial charge on any atom is 0.163 e. The summed E-state index contributed by atoms with van der Waals surface area (Å²) in [4.78, 5) is 7.75. The number of aromatic nitrogens is 2. The van der Waals surface area contributed by atoms with Gasteiger partial charge in [0.1, 0.15) is 5.82 Å². The molecule has 1 heterocycles. The van der Waals surface area contributed by atoms with Crippen molar-refractivity contribution in [2.45, 2.75) is 26.3 Å². The molecule has 0 aliphatic rings. The highest BCUT2D eigenvalue weighted by Crippen LogP contribution is 2.37. The summed E-state index contributed by atoms with van der Waals surface area (Å²) in [6, 6.07) is 2.61. The second kappa shape index (κ2) is 5.63. The molecule has 0 aliphatic heterocycles. The number of rotatable bonds is 3. The number of methoxy groups -OCH3 is 1. The Labute approximate surface area is 122 Å². The fraction of sp³-hybridized carbons (Fsp3) is 0.333. The Morgan fingerprint density at radius 2 is 1.67 bits per heavy atom. The van der Waals surface area contributed by atoms with Crippen LogP contribution >= 0.6 is 0 Å². The lowest BCUT2D eigenvalue weighted by Crippen LogP contribution is -2.26. The van der Waals surface area contributed by atoms with Crippen LogP contribution in [0.15, 0.2) is 24.5 Å². The topological polar surface area (TPSA) is 47.0 Å². The van der Waals surface area contributed by atoms with Gasteiger partial charge in [0.15, 0.2) is 17.4 Å². The minimum Gasteiger partial charge on any atom is -0.494 e. The molecule has 1 aromatic carbocycles. The quantitative estimate of drug-likeness (QED) is 0.938. The summed E-state index contributed by atoms with van der Waals surface area (Å²) in [5.74, 6) is -0.393. The minimum absolute atomic E-state index is 0.199. The monoisotopic (exact) mass is 293 g/mol. The van der Waals surface area contributed by atoms with Crippen LogP contribution in [0.4, 0.5) is 14.5 Å². The summed E-state index contributed by atoms with van der Waals surface area (Å²) in [5.41, 5.74) is 0.583. The zero-order valence-corrected chi connectivity index (χ0v) is 12.4. The lowest BCUT2D eigenvalue weighted by molar-refractivity contribution is 0.415. The Hall–Kier alpha value is -2.24. The summed E-state index contributed by atoms with van der Waals surface area (Å²) in [6.45, 7) is 5.85. The Bertz CT molecular complexity index is 637. The molecule has 4 nitrogen and oxygen atoms in total. The third kappa shape index (κ3) is 3.65. The summed E-state index contributed by atoms with van der Waals surface area (Å²) >= 11 is 0. The molecular formula is C15H17F2N3O. The second-order valence-corrected chi connectivity index (χ2v) is 5.63. The Balaban J connectivity index is 2.57. The van der Waals surface area contributed by atoms with Crippen molar-refractivity contribution >= 4 is 5.69 Å². The van der Waals surface area contributed by atoms with Crippen molar-refractivity contribution in [3.05, 3.63) is 36.2 Å². The number of hydrogen-bond donors (Lipinski definition) is 1. The van der Waals surface area contributed by atoms with Gasteiger partial charge >= 0.3 is 0 Å². The standard InChI is InChI=1S/C15H17F2N3O/c1-15(2,3)20-12-6-9(16)5-11(13(12)21-4)14-18-7-10(17)8-19-14/h5-8,20H,1-4H3. The molecule has 0 unspecified atom stereocenters. The first-order chi connectivity index (χ1) is 9.80. The van der Waals surface area contributed by atoms with E-state index in [0.717, 1.165) is 12.4 Å². The largest absolute Gasteiger partial charge is 0.494 e.